The molecule has 0 unspecified atom stereocenters. The first-order valence-electron chi connectivity index (χ1n) is 4.34. The van der Waals surface area contributed by atoms with E-state index in [1.54, 1.807) is 19.1 Å². The summed E-state index contributed by atoms with van der Waals surface area (Å²) in [6.45, 7) is 1.60. The first-order valence-corrected chi connectivity index (χ1v) is 5.99. The van der Waals surface area contributed by atoms with E-state index in [-0.39, 0.29) is 5.75 Å². The second-order valence-electron chi connectivity index (χ2n) is 2.78. The van der Waals surface area contributed by atoms with Crippen LogP contribution in [0.3, 0.4) is 0 Å². The van der Waals surface area contributed by atoms with Gasteiger partial charge in [-0.3, -0.25) is 0 Å². The van der Waals surface area contributed by atoms with Crippen molar-refractivity contribution in [2.75, 3.05) is 5.75 Å². The van der Waals surface area contributed by atoms with Crippen LogP contribution >= 0.6 is 0 Å². The molecule has 0 saturated heterocycles. The molecule has 0 amide bonds. The van der Waals surface area contributed by atoms with Gasteiger partial charge in [-0.1, -0.05) is 24.1 Å². The second kappa shape index (κ2) is 5.24. The lowest BCUT2D eigenvalue weighted by Gasteiger charge is -1.87. The van der Waals surface area contributed by atoms with Gasteiger partial charge in [0.1, 0.15) is 5.75 Å². The van der Waals surface area contributed by atoms with Gasteiger partial charge in [0, 0.05) is 10.8 Å². The Bertz CT molecular complexity index is 534. The van der Waals surface area contributed by atoms with E-state index in [1.807, 2.05) is 18.2 Å². The molecule has 15 heavy (non-hydrogen) atoms. The van der Waals surface area contributed by atoms with Crippen LogP contribution in [0.15, 0.2) is 30.3 Å². The van der Waals surface area contributed by atoms with E-state index < -0.39 is 9.84 Å². The Balaban J connectivity index is 2.86. The molecule has 2 nitrogen and oxygen atoms in total. The third kappa shape index (κ3) is 4.35. The fourth-order valence-electron chi connectivity index (χ4n) is 0.861. The molecule has 1 aromatic rings. The van der Waals surface area contributed by atoms with E-state index in [4.69, 9.17) is 0 Å². The molecule has 1 rings (SSSR count). The topological polar surface area (TPSA) is 34.1 Å². The smallest absolute Gasteiger partial charge is 0.214 e. The Labute approximate surface area is 90.2 Å². The van der Waals surface area contributed by atoms with Crippen LogP contribution in [0, 0.1) is 23.0 Å². The van der Waals surface area contributed by atoms with E-state index in [2.05, 4.69) is 23.0 Å². The SMILES string of the molecule is CC#CCS(=O)(=O)C#Cc1ccccc1. The Morgan fingerprint density at radius 3 is 2.47 bits per heavy atom. The zero-order chi connectivity index (χ0) is 11.1. The molecule has 3 heteroatoms. The van der Waals surface area contributed by atoms with Gasteiger partial charge in [0.25, 0.3) is 0 Å². The van der Waals surface area contributed by atoms with Crippen LogP contribution in [0.4, 0.5) is 0 Å². The molecule has 0 aliphatic carbocycles. The van der Waals surface area contributed by atoms with Gasteiger partial charge < -0.3 is 0 Å². The average Bonchev–Trinajstić information content (AvgIpc) is 2.25. The number of benzene rings is 1. The monoisotopic (exact) mass is 218 g/mol. The minimum Gasteiger partial charge on any atom is -0.214 e. The lowest BCUT2D eigenvalue weighted by Crippen LogP contribution is -1.99. The van der Waals surface area contributed by atoms with Crippen molar-refractivity contribution in [1.82, 2.24) is 0 Å². The molecule has 0 saturated carbocycles. The number of hydrogen-bond donors (Lipinski definition) is 0. The number of rotatable bonds is 1. The Hall–Kier alpha value is -1.71. The largest absolute Gasteiger partial charge is 0.228 e. The molecular formula is C12H10O2S. The van der Waals surface area contributed by atoms with Crippen molar-refractivity contribution >= 4 is 9.84 Å². The van der Waals surface area contributed by atoms with Crippen LogP contribution in [0.1, 0.15) is 12.5 Å². The lowest BCUT2D eigenvalue weighted by atomic mass is 10.2. The fourth-order valence-corrected chi connectivity index (χ4v) is 1.54. The summed E-state index contributed by atoms with van der Waals surface area (Å²) in [5, 5.41) is 2.23. The third-order valence-electron chi connectivity index (χ3n) is 1.56. The predicted molar refractivity (Wildman–Crippen MR) is 60.6 cm³/mol. The summed E-state index contributed by atoms with van der Waals surface area (Å²) in [6, 6.07) is 8.98. The van der Waals surface area contributed by atoms with Crippen molar-refractivity contribution in [3.05, 3.63) is 35.9 Å². The molecule has 0 atom stereocenters. The van der Waals surface area contributed by atoms with Crippen molar-refractivity contribution in [3.63, 3.8) is 0 Å². The van der Waals surface area contributed by atoms with Gasteiger partial charge in [-0.2, -0.15) is 0 Å². The molecule has 76 valence electrons. The van der Waals surface area contributed by atoms with Gasteiger partial charge in [-0.15, -0.1) is 5.92 Å². The molecule has 0 bridgehead atoms. The zero-order valence-electron chi connectivity index (χ0n) is 8.32. The summed E-state index contributed by atoms with van der Waals surface area (Å²) < 4.78 is 22.6. The second-order valence-corrected chi connectivity index (χ2v) is 4.50. The molecule has 0 radical (unpaired) electrons. The Morgan fingerprint density at radius 1 is 1.20 bits per heavy atom. The highest BCUT2D eigenvalue weighted by atomic mass is 32.2. The standard InChI is InChI=1S/C12H10O2S/c1-2-3-10-15(13,14)11-9-12-7-5-4-6-8-12/h4-8H,10H2,1H3. The van der Waals surface area contributed by atoms with E-state index in [0.29, 0.717) is 5.56 Å². The quantitative estimate of drug-likeness (QED) is 0.668. The highest BCUT2D eigenvalue weighted by molar-refractivity contribution is 7.96. The van der Waals surface area contributed by atoms with Gasteiger partial charge in [-0.05, 0) is 25.0 Å². The van der Waals surface area contributed by atoms with Crippen molar-refractivity contribution in [2.45, 2.75) is 6.92 Å². The number of sulfone groups is 1. The summed E-state index contributed by atoms with van der Waals surface area (Å²) in [7, 11) is -3.38. The summed E-state index contributed by atoms with van der Waals surface area (Å²) in [6.07, 6.45) is 0. The van der Waals surface area contributed by atoms with Gasteiger partial charge in [0.05, 0.1) is 0 Å². The first kappa shape index (κ1) is 11.4. The molecule has 0 heterocycles. The van der Waals surface area contributed by atoms with Crippen LogP contribution < -0.4 is 0 Å². The zero-order valence-corrected chi connectivity index (χ0v) is 9.14. The molecular weight excluding hydrogens is 208 g/mol. The lowest BCUT2D eigenvalue weighted by molar-refractivity contribution is 0.609. The van der Waals surface area contributed by atoms with E-state index in [0.717, 1.165) is 0 Å². The maximum absolute atomic E-state index is 11.3. The molecule has 0 aliphatic rings. The van der Waals surface area contributed by atoms with E-state index >= 15 is 0 Å². The summed E-state index contributed by atoms with van der Waals surface area (Å²) in [5.41, 5.74) is 0.686. The average molecular weight is 218 g/mol. The minimum atomic E-state index is -3.38. The van der Waals surface area contributed by atoms with Crippen LogP contribution in [0.2, 0.25) is 0 Å². The summed E-state index contributed by atoms with van der Waals surface area (Å²) in [5.74, 6) is 7.39. The van der Waals surface area contributed by atoms with Crippen LogP contribution in [0.25, 0.3) is 0 Å². The van der Waals surface area contributed by atoms with Crippen LogP contribution in [0.5, 0.6) is 0 Å². The highest BCUT2D eigenvalue weighted by Crippen LogP contribution is 1.96. The molecule has 0 fully saturated rings. The molecule has 0 aromatic heterocycles. The normalized spacial score (nSPS) is 9.40. The maximum atomic E-state index is 11.3. The van der Waals surface area contributed by atoms with Crippen molar-refractivity contribution in [3.8, 4) is 23.0 Å². The summed E-state index contributed by atoms with van der Waals surface area (Å²) >= 11 is 0. The predicted octanol–water partition coefficient (Wildman–Crippen LogP) is 1.43. The minimum absolute atomic E-state index is 0.205. The van der Waals surface area contributed by atoms with Crippen molar-refractivity contribution in [2.24, 2.45) is 0 Å². The van der Waals surface area contributed by atoms with Gasteiger partial charge in [0.2, 0.25) is 9.84 Å². The Morgan fingerprint density at radius 2 is 1.87 bits per heavy atom. The highest BCUT2D eigenvalue weighted by Gasteiger charge is 2.01. The van der Waals surface area contributed by atoms with E-state index in [1.165, 1.54) is 0 Å². The van der Waals surface area contributed by atoms with Gasteiger partial charge in [0.15, 0.2) is 0 Å². The van der Waals surface area contributed by atoms with Crippen molar-refractivity contribution < 1.29 is 8.42 Å². The number of hydrogen-bond acceptors (Lipinski definition) is 2. The molecule has 0 N–H and O–H groups in total. The van der Waals surface area contributed by atoms with Crippen LogP contribution in [-0.4, -0.2) is 14.2 Å². The molecule has 1 aromatic carbocycles. The molecule has 0 aliphatic heterocycles. The van der Waals surface area contributed by atoms with Crippen molar-refractivity contribution in [1.29, 1.82) is 0 Å². The first-order chi connectivity index (χ1) is 7.14. The summed E-state index contributed by atoms with van der Waals surface area (Å²) in [4.78, 5) is 0. The third-order valence-corrected chi connectivity index (χ3v) is 2.50. The Kier molecular flexibility index (Phi) is 3.97. The maximum Gasteiger partial charge on any atom is 0.228 e. The fraction of sp³-hybridized carbons (Fsp3) is 0.167. The van der Waals surface area contributed by atoms with E-state index in [9.17, 15) is 8.42 Å². The van der Waals surface area contributed by atoms with Gasteiger partial charge >= 0.3 is 0 Å². The van der Waals surface area contributed by atoms with Crippen LogP contribution in [-0.2, 0) is 9.84 Å². The van der Waals surface area contributed by atoms with Gasteiger partial charge in [-0.25, -0.2) is 8.42 Å². The molecule has 0 spiro atoms.